The Morgan fingerprint density at radius 3 is 2.86 bits per heavy atom. The summed E-state index contributed by atoms with van der Waals surface area (Å²) in [6.07, 6.45) is 1.50. The topological polar surface area (TPSA) is 69.6 Å². The molecule has 1 aliphatic rings. The van der Waals surface area contributed by atoms with Gasteiger partial charge in [0.25, 0.3) is 5.91 Å². The number of hydrogen-bond acceptors (Lipinski definition) is 4. The number of carbonyl (C=O) groups is 2. The molecule has 0 aliphatic carbocycles. The summed E-state index contributed by atoms with van der Waals surface area (Å²) in [6, 6.07) is 3.18. The van der Waals surface area contributed by atoms with Crippen LogP contribution in [0.4, 0.5) is 0 Å². The van der Waals surface area contributed by atoms with E-state index in [0.29, 0.717) is 17.8 Å². The van der Waals surface area contributed by atoms with E-state index in [-0.39, 0.29) is 24.3 Å². The van der Waals surface area contributed by atoms with Crippen LogP contribution in [0.5, 0.6) is 0 Å². The van der Waals surface area contributed by atoms with Crippen LogP contribution in [-0.4, -0.2) is 46.6 Å². The molecule has 1 aliphatic heterocycles. The molecule has 0 saturated carbocycles. The third-order valence-corrected chi connectivity index (χ3v) is 5.27. The molecule has 122 valence electrons. The van der Waals surface area contributed by atoms with Crippen LogP contribution >= 0.6 is 11.3 Å². The lowest BCUT2D eigenvalue weighted by atomic mass is 9.92. The molecule has 5 nitrogen and oxygen atoms in total. The molecule has 2 rings (SSSR count). The van der Waals surface area contributed by atoms with Crippen molar-refractivity contribution in [2.45, 2.75) is 45.3 Å². The second-order valence-corrected chi connectivity index (χ2v) is 7.31. The van der Waals surface area contributed by atoms with Crippen molar-refractivity contribution < 1.29 is 14.7 Å². The maximum atomic E-state index is 12.4. The lowest BCUT2D eigenvalue weighted by molar-refractivity contribution is -0.126. The monoisotopic (exact) mass is 324 g/mol. The van der Waals surface area contributed by atoms with Crippen LogP contribution < -0.4 is 5.32 Å². The van der Waals surface area contributed by atoms with E-state index in [4.69, 9.17) is 0 Å². The molecule has 0 spiro atoms. The van der Waals surface area contributed by atoms with Gasteiger partial charge in [-0.25, -0.2) is 0 Å². The lowest BCUT2D eigenvalue weighted by Crippen LogP contribution is -2.50. The fourth-order valence-corrected chi connectivity index (χ4v) is 3.09. The Kier molecular flexibility index (Phi) is 5.24. The van der Waals surface area contributed by atoms with Gasteiger partial charge < -0.3 is 15.3 Å². The van der Waals surface area contributed by atoms with Crippen molar-refractivity contribution in [2.75, 3.05) is 13.1 Å². The standard InChI is InChI=1S/C16H24N2O3S/c1-11(2)16(3,21)10-17-14(19)12-6-4-8-18(12)15(20)13-7-5-9-22-13/h5,7,9,11-12,21H,4,6,8,10H2,1-3H3,(H,17,19)/t12-,16?/m0/s1. The Morgan fingerprint density at radius 1 is 1.55 bits per heavy atom. The quantitative estimate of drug-likeness (QED) is 0.869. The molecule has 2 atom stereocenters. The first kappa shape index (κ1) is 17.0. The Balaban J connectivity index is 1.98. The number of hydrogen-bond donors (Lipinski definition) is 2. The van der Waals surface area contributed by atoms with Gasteiger partial charge in [-0.15, -0.1) is 11.3 Å². The first-order valence-corrected chi connectivity index (χ1v) is 8.55. The minimum Gasteiger partial charge on any atom is -0.388 e. The number of nitrogens with one attached hydrogen (secondary N) is 1. The Labute approximate surface area is 135 Å². The van der Waals surface area contributed by atoms with E-state index in [1.165, 1.54) is 11.3 Å². The van der Waals surface area contributed by atoms with Crippen molar-refractivity contribution in [3.05, 3.63) is 22.4 Å². The zero-order chi connectivity index (χ0) is 16.3. The van der Waals surface area contributed by atoms with Gasteiger partial charge in [-0.2, -0.15) is 0 Å². The number of carbonyl (C=O) groups excluding carboxylic acids is 2. The van der Waals surface area contributed by atoms with E-state index in [0.717, 1.165) is 6.42 Å². The molecule has 2 heterocycles. The number of thiophene rings is 1. The molecule has 1 aromatic rings. The summed E-state index contributed by atoms with van der Waals surface area (Å²) >= 11 is 1.39. The summed E-state index contributed by atoms with van der Waals surface area (Å²) in [5.41, 5.74) is -0.948. The van der Waals surface area contributed by atoms with E-state index in [9.17, 15) is 14.7 Å². The van der Waals surface area contributed by atoms with Crippen molar-refractivity contribution in [1.29, 1.82) is 0 Å². The zero-order valence-corrected chi connectivity index (χ0v) is 14.2. The van der Waals surface area contributed by atoms with Crippen LogP contribution in [0.25, 0.3) is 0 Å². The van der Waals surface area contributed by atoms with E-state index < -0.39 is 11.6 Å². The lowest BCUT2D eigenvalue weighted by Gasteiger charge is -2.29. The van der Waals surface area contributed by atoms with Gasteiger partial charge in [0.05, 0.1) is 10.5 Å². The number of aliphatic hydroxyl groups is 1. The van der Waals surface area contributed by atoms with E-state index in [1.807, 2.05) is 25.3 Å². The highest BCUT2D eigenvalue weighted by Crippen LogP contribution is 2.22. The Morgan fingerprint density at radius 2 is 2.27 bits per heavy atom. The summed E-state index contributed by atoms with van der Waals surface area (Å²) in [5.74, 6) is -0.216. The highest BCUT2D eigenvalue weighted by Gasteiger charge is 2.36. The number of rotatable bonds is 5. The predicted octanol–water partition coefficient (Wildman–Crippen LogP) is 1.88. The van der Waals surface area contributed by atoms with Crippen LogP contribution in [0.15, 0.2) is 17.5 Å². The SMILES string of the molecule is CC(C)C(C)(O)CNC(=O)[C@@H]1CCCN1C(=O)c1cccs1. The van der Waals surface area contributed by atoms with Crippen molar-refractivity contribution in [3.8, 4) is 0 Å². The van der Waals surface area contributed by atoms with Crippen LogP contribution in [-0.2, 0) is 4.79 Å². The molecule has 1 aromatic heterocycles. The highest BCUT2D eigenvalue weighted by atomic mass is 32.1. The Hall–Kier alpha value is -1.40. The molecule has 6 heteroatoms. The fourth-order valence-electron chi connectivity index (χ4n) is 2.41. The van der Waals surface area contributed by atoms with Crippen LogP contribution in [0.1, 0.15) is 43.3 Å². The molecular formula is C16H24N2O3S. The van der Waals surface area contributed by atoms with Gasteiger partial charge in [0.1, 0.15) is 6.04 Å². The second-order valence-electron chi connectivity index (χ2n) is 6.36. The smallest absolute Gasteiger partial charge is 0.264 e. The summed E-state index contributed by atoms with van der Waals surface area (Å²) in [6.45, 7) is 6.33. The van der Waals surface area contributed by atoms with Crippen molar-refractivity contribution in [1.82, 2.24) is 10.2 Å². The second kappa shape index (κ2) is 6.79. The minimum atomic E-state index is -0.948. The van der Waals surface area contributed by atoms with E-state index in [2.05, 4.69) is 5.32 Å². The van der Waals surface area contributed by atoms with E-state index >= 15 is 0 Å². The molecule has 0 radical (unpaired) electrons. The van der Waals surface area contributed by atoms with Crippen LogP contribution in [0, 0.1) is 5.92 Å². The molecule has 0 aromatic carbocycles. The van der Waals surface area contributed by atoms with Gasteiger partial charge in [-0.1, -0.05) is 19.9 Å². The minimum absolute atomic E-state index is 0.0419. The normalized spacial score (nSPS) is 21.0. The third-order valence-electron chi connectivity index (χ3n) is 4.41. The summed E-state index contributed by atoms with van der Waals surface area (Å²) < 4.78 is 0. The molecule has 1 fully saturated rings. The first-order chi connectivity index (χ1) is 10.3. The average Bonchev–Trinajstić information content (AvgIpc) is 3.14. The maximum Gasteiger partial charge on any atom is 0.264 e. The first-order valence-electron chi connectivity index (χ1n) is 7.67. The highest BCUT2D eigenvalue weighted by molar-refractivity contribution is 7.12. The zero-order valence-electron chi connectivity index (χ0n) is 13.3. The van der Waals surface area contributed by atoms with Gasteiger partial charge in [-0.05, 0) is 37.1 Å². The van der Waals surface area contributed by atoms with Gasteiger partial charge in [0.2, 0.25) is 5.91 Å². The van der Waals surface area contributed by atoms with Crippen molar-refractivity contribution in [3.63, 3.8) is 0 Å². The fraction of sp³-hybridized carbons (Fsp3) is 0.625. The molecule has 2 amide bonds. The predicted molar refractivity (Wildman–Crippen MR) is 86.8 cm³/mol. The molecule has 1 unspecified atom stereocenters. The Bertz CT molecular complexity index is 526. The molecule has 0 bridgehead atoms. The van der Waals surface area contributed by atoms with Gasteiger partial charge in [0, 0.05) is 13.1 Å². The average molecular weight is 324 g/mol. The molecular weight excluding hydrogens is 300 g/mol. The van der Waals surface area contributed by atoms with Gasteiger partial charge in [0.15, 0.2) is 0 Å². The number of amides is 2. The van der Waals surface area contributed by atoms with Crippen molar-refractivity contribution >= 4 is 23.2 Å². The third kappa shape index (κ3) is 3.67. The summed E-state index contributed by atoms with van der Waals surface area (Å²) in [5, 5.41) is 14.9. The number of likely N-dealkylation sites (tertiary alicyclic amines) is 1. The van der Waals surface area contributed by atoms with Crippen LogP contribution in [0.2, 0.25) is 0 Å². The van der Waals surface area contributed by atoms with E-state index in [1.54, 1.807) is 17.9 Å². The number of nitrogens with zero attached hydrogens (tertiary/aromatic N) is 1. The van der Waals surface area contributed by atoms with Gasteiger partial charge in [-0.3, -0.25) is 9.59 Å². The van der Waals surface area contributed by atoms with Crippen LogP contribution in [0.3, 0.4) is 0 Å². The summed E-state index contributed by atoms with van der Waals surface area (Å²) in [7, 11) is 0. The molecule has 1 saturated heterocycles. The summed E-state index contributed by atoms with van der Waals surface area (Å²) in [4.78, 5) is 27.1. The van der Waals surface area contributed by atoms with Gasteiger partial charge >= 0.3 is 0 Å². The maximum absolute atomic E-state index is 12.4. The molecule has 2 N–H and O–H groups in total. The molecule has 22 heavy (non-hydrogen) atoms. The largest absolute Gasteiger partial charge is 0.388 e. The van der Waals surface area contributed by atoms with Crippen molar-refractivity contribution in [2.24, 2.45) is 5.92 Å².